The third-order valence-electron chi connectivity index (χ3n) is 1.32. The summed E-state index contributed by atoms with van der Waals surface area (Å²) in [5, 5.41) is 17.4. The maximum absolute atomic E-state index is 11.0. The van der Waals surface area contributed by atoms with Gasteiger partial charge >= 0.3 is 11.9 Å². The molecule has 0 fully saturated rings. The third-order valence-corrected chi connectivity index (χ3v) is 1.32. The van der Waals surface area contributed by atoms with E-state index in [0.29, 0.717) is 0 Å². The molecule has 84 valence electrons. The molecule has 1 atom stereocenters. The Labute approximate surface area is 86.3 Å². The number of hydrogen-bond acceptors (Lipinski definition) is 6. The number of rotatable bonds is 4. The second-order valence-corrected chi connectivity index (χ2v) is 2.58. The minimum absolute atomic E-state index is 0.00779. The Hall–Kier alpha value is -1.66. The lowest BCUT2D eigenvalue weighted by Gasteiger charge is -2.03. The third kappa shape index (κ3) is 5.61. The lowest BCUT2D eigenvalue weighted by molar-refractivity contribution is -0.251. The summed E-state index contributed by atoms with van der Waals surface area (Å²) < 4.78 is 0. The van der Waals surface area contributed by atoms with Gasteiger partial charge in [-0.3, -0.25) is 0 Å². The number of carbonyl (C=O) groups excluding carboxylic acids is 2. The van der Waals surface area contributed by atoms with E-state index in [1.165, 1.54) is 6.92 Å². The Kier molecular flexibility index (Phi) is 6.00. The first-order chi connectivity index (χ1) is 7.01. The SMILES string of the molecule is C=CC(=O)OOC(=O)/C(C)=C/C(O)CO. The van der Waals surface area contributed by atoms with Gasteiger partial charge < -0.3 is 10.2 Å². The molecule has 0 aliphatic carbocycles. The summed E-state index contributed by atoms with van der Waals surface area (Å²) in [4.78, 5) is 29.6. The maximum atomic E-state index is 11.0. The van der Waals surface area contributed by atoms with E-state index in [0.717, 1.165) is 12.2 Å². The van der Waals surface area contributed by atoms with E-state index in [4.69, 9.17) is 10.2 Å². The molecule has 15 heavy (non-hydrogen) atoms. The molecule has 0 spiro atoms. The first-order valence-electron chi connectivity index (χ1n) is 4.03. The van der Waals surface area contributed by atoms with Crippen molar-refractivity contribution in [3.05, 3.63) is 24.3 Å². The van der Waals surface area contributed by atoms with Crippen LogP contribution in [0.3, 0.4) is 0 Å². The highest BCUT2D eigenvalue weighted by Crippen LogP contribution is 2.00. The minimum atomic E-state index is -1.16. The minimum Gasteiger partial charge on any atom is -0.393 e. The Balaban J connectivity index is 4.15. The second-order valence-electron chi connectivity index (χ2n) is 2.58. The van der Waals surface area contributed by atoms with Crippen molar-refractivity contribution < 1.29 is 29.6 Å². The molecule has 0 radical (unpaired) electrons. The van der Waals surface area contributed by atoms with Crippen LogP contribution < -0.4 is 0 Å². The van der Waals surface area contributed by atoms with Crippen LogP contribution in [0.2, 0.25) is 0 Å². The van der Waals surface area contributed by atoms with Gasteiger partial charge in [0, 0.05) is 11.6 Å². The van der Waals surface area contributed by atoms with Crippen LogP contribution in [0.25, 0.3) is 0 Å². The van der Waals surface area contributed by atoms with Crippen LogP contribution in [-0.4, -0.2) is 34.9 Å². The highest BCUT2D eigenvalue weighted by molar-refractivity contribution is 5.88. The summed E-state index contributed by atoms with van der Waals surface area (Å²) in [6.45, 7) is 3.91. The number of aliphatic hydroxyl groups excluding tert-OH is 2. The van der Waals surface area contributed by atoms with Crippen LogP contribution in [0.5, 0.6) is 0 Å². The zero-order valence-corrected chi connectivity index (χ0v) is 8.17. The van der Waals surface area contributed by atoms with Gasteiger partial charge in [-0.15, -0.1) is 0 Å². The van der Waals surface area contributed by atoms with Crippen molar-refractivity contribution in [3.8, 4) is 0 Å². The van der Waals surface area contributed by atoms with Gasteiger partial charge in [-0.1, -0.05) is 6.58 Å². The zero-order valence-electron chi connectivity index (χ0n) is 8.17. The molecule has 0 saturated carbocycles. The van der Waals surface area contributed by atoms with E-state index < -0.39 is 24.6 Å². The first-order valence-corrected chi connectivity index (χ1v) is 4.03. The van der Waals surface area contributed by atoms with E-state index in [-0.39, 0.29) is 5.57 Å². The predicted molar refractivity (Wildman–Crippen MR) is 49.2 cm³/mol. The van der Waals surface area contributed by atoms with E-state index in [2.05, 4.69) is 16.4 Å². The smallest absolute Gasteiger partial charge is 0.381 e. The van der Waals surface area contributed by atoms with Gasteiger partial charge in [-0.2, -0.15) is 0 Å². The first kappa shape index (κ1) is 13.3. The summed E-state index contributed by atoms with van der Waals surface area (Å²) in [6, 6.07) is 0. The fraction of sp³-hybridized carbons (Fsp3) is 0.333. The second kappa shape index (κ2) is 6.74. The molecule has 0 rings (SSSR count). The summed E-state index contributed by atoms with van der Waals surface area (Å²) in [6.07, 6.45) is 0.742. The molecule has 2 N–H and O–H groups in total. The summed E-state index contributed by atoms with van der Waals surface area (Å²) in [5.74, 6) is -1.84. The molecule has 6 heteroatoms. The van der Waals surface area contributed by atoms with Crippen LogP contribution in [0.15, 0.2) is 24.3 Å². The lowest BCUT2D eigenvalue weighted by atomic mass is 10.2. The molecule has 1 unspecified atom stereocenters. The van der Waals surface area contributed by atoms with Gasteiger partial charge in [-0.25, -0.2) is 19.4 Å². The molecular formula is C9H12O6. The molecule has 0 aliphatic heterocycles. The molecule has 0 amide bonds. The van der Waals surface area contributed by atoms with Crippen molar-refractivity contribution in [1.82, 2.24) is 0 Å². The standard InChI is InChI=1S/C9H12O6/c1-3-8(12)14-15-9(13)6(2)4-7(11)5-10/h3-4,7,10-11H,1,5H2,2H3/b6-4+. The van der Waals surface area contributed by atoms with Crippen molar-refractivity contribution >= 4 is 11.9 Å². The topological polar surface area (TPSA) is 93.1 Å². The van der Waals surface area contributed by atoms with Gasteiger partial charge in [0.1, 0.15) is 0 Å². The number of aliphatic hydroxyl groups is 2. The highest BCUT2D eigenvalue weighted by Gasteiger charge is 2.11. The van der Waals surface area contributed by atoms with E-state index in [1.807, 2.05) is 0 Å². The molecule has 0 bridgehead atoms. The summed E-state index contributed by atoms with van der Waals surface area (Å²) in [7, 11) is 0. The Morgan fingerprint density at radius 2 is 2.07 bits per heavy atom. The lowest BCUT2D eigenvalue weighted by Crippen LogP contribution is -2.14. The predicted octanol–water partition coefficient (Wildman–Crippen LogP) is -0.527. The fourth-order valence-electron chi connectivity index (χ4n) is 0.588. The molecular weight excluding hydrogens is 204 g/mol. The van der Waals surface area contributed by atoms with Crippen molar-refractivity contribution in [2.75, 3.05) is 6.61 Å². The molecule has 0 saturated heterocycles. The van der Waals surface area contributed by atoms with Crippen LogP contribution in [0.4, 0.5) is 0 Å². The van der Waals surface area contributed by atoms with Crippen molar-refractivity contribution in [3.63, 3.8) is 0 Å². The average Bonchev–Trinajstić information content (AvgIpc) is 2.24. The van der Waals surface area contributed by atoms with Crippen LogP contribution in [-0.2, 0) is 19.4 Å². The number of hydrogen-bond donors (Lipinski definition) is 2. The van der Waals surface area contributed by atoms with E-state index in [9.17, 15) is 9.59 Å². The van der Waals surface area contributed by atoms with Gasteiger partial charge in [0.2, 0.25) is 0 Å². The number of carbonyl (C=O) groups is 2. The average molecular weight is 216 g/mol. The highest BCUT2D eigenvalue weighted by atomic mass is 17.2. The Morgan fingerprint density at radius 1 is 1.47 bits per heavy atom. The zero-order chi connectivity index (χ0) is 11.8. The van der Waals surface area contributed by atoms with Crippen molar-refractivity contribution in [1.29, 1.82) is 0 Å². The van der Waals surface area contributed by atoms with Crippen LogP contribution in [0, 0.1) is 0 Å². The van der Waals surface area contributed by atoms with Gasteiger partial charge in [0.05, 0.1) is 12.7 Å². The van der Waals surface area contributed by atoms with Crippen LogP contribution in [0.1, 0.15) is 6.92 Å². The van der Waals surface area contributed by atoms with Gasteiger partial charge in [-0.05, 0) is 13.0 Å². The molecule has 0 aromatic heterocycles. The van der Waals surface area contributed by atoms with Crippen LogP contribution >= 0.6 is 0 Å². The van der Waals surface area contributed by atoms with E-state index in [1.54, 1.807) is 0 Å². The molecule has 0 aromatic rings. The molecule has 6 nitrogen and oxygen atoms in total. The quantitative estimate of drug-likeness (QED) is 0.373. The summed E-state index contributed by atoms with van der Waals surface area (Å²) in [5.41, 5.74) is 0.00779. The van der Waals surface area contributed by atoms with Gasteiger partial charge in [0.25, 0.3) is 0 Å². The molecule has 0 aliphatic rings. The van der Waals surface area contributed by atoms with Crippen molar-refractivity contribution in [2.45, 2.75) is 13.0 Å². The monoisotopic (exact) mass is 216 g/mol. The van der Waals surface area contributed by atoms with Crippen molar-refractivity contribution in [2.24, 2.45) is 0 Å². The molecule has 0 heterocycles. The summed E-state index contributed by atoms with van der Waals surface area (Å²) >= 11 is 0. The Bertz CT molecular complexity index is 280. The normalized spacial score (nSPS) is 12.9. The van der Waals surface area contributed by atoms with Gasteiger partial charge in [0.15, 0.2) is 0 Å². The molecule has 0 aromatic carbocycles. The fourth-order valence-corrected chi connectivity index (χ4v) is 0.588. The maximum Gasteiger partial charge on any atom is 0.381 e. The Morgan fingerprint density at radius 3 is 2.53 bits per heavy atom. The largest absolute Gasteiger partial charge is 0.393 e. The van der Waals surface area contributed by atoms with E-state index >= 15 is 0 Å².